The number of rotatable bonds is 6. The number of aliphatic hydroxyl groups is 1. The van der Waals surface area contributed by atoms with Crippen LogP contribution in [0, 0.1) is 31.8 Å². The number of carbonyl (C=O) groups excluding carboxylic acids is 1. The molecule has 3 aromatic carbocycles. The molecule has 0 aliphatic carbocycles. The molecule has 0 aliphatic heterocycles. The number of nitriles is 1. The number of hydrogen-bond donors (Lipinski definition) is 3. The Labute approximate surface area is 188 Å². The standard InChI is InChI=1S/C26H24N4O2/c1-17-5-7-19(8-6-17)23-14-21(10-9-20(23)15-27)29-16-26(3,32)25(31)30-22-11-12-24(28-4)18(2)13-22/h5-14,29,32H,16H2,1-3H3,(H,30,31)/t26-/m0/s1. The van der Waals surface area contributed by atoms with Crippen molar-refractivity contribution in [2.75, 3.05) is 17.2 Å². The van der Waals surface area contributed by atoms with Crippen LogP contribution in [0.1, 0.15) is 23.6 Å². The van der Waals surface area contributed by atoms with Crippen molar-refractivity contribution >= 4 is 23.0 Å². The van der Waals surface area contributed by atoms with Gasteiger partial charge >= 0.3 is 0 Å². The third kappa shape index (κ3) is 5.13. The van der Waals surface area contributed by atoms with Gasteiger partial charge < -0.3 is 15.7 Å². The van der Waals surface area contributed by atoms with E-state index in [2.05, 4.69) is 21.5 Å². The van der Waals surface area contributed by atoms with Gasteiger partial charge in [-0.2, -0.15) is 5.26 Å². The van der Waals surface area contributed by atoms with Crippen LogP contribution in [0.25, 0.3) is 16.0 Å². The van der Waals surface area contributed by atoms with Crippen LogP contribution in [0.5, 0.6) is 0 Å². The summed E-state index contributed by atoms with van der Waals surface area (Å²) >= 11 is 0. The van der Waals surface area contributed by atoms with E-state index < -0.39 is 11.5 Å². The van der Waals surface area contributed by atoms with Crippen molar-refractivity contribution in [1.82, 2.24) is 0 Å². The smallest absolute Gasteiger partial charge is 0.257 e. The molecule has 0 saturated heterocycles. The average molecular weight is 425 g/mol. The Morgan fingerprint density at radius 3 is 2.41 bits per heavy atom. The van der Waals surface area contributed by atoms with E-state index in [1.807, 2.05) is 37.3 Å². The van der Waals surface area contributed by atoms with E-state index in [1.165, 1.54) is 6.92 Å². The molecule has 160 valence electrons. The second-order valence-electron chi connectivity index (χ2n) is 7.93. The zero-order chi connectivity index (χ0) is 23.3. The van der Waals surface area contributed by atoms with E-state index in [0.29, 0.717) is 22.6 Å². The van der Waals surface area contributed by atoms with Crippen molar-refractivity contribution in [2.24, 2.45) is 0 Å². The molecule has 6 nitrogen and oxygen atoms in total. The van der Waals surface area contributed by atoms with E-state index in [9.17, 15) is 15.2 Å². The fourth-order valence-electron chi connectivity index (χ4n) is 3.20. The number of carbonyl (C=O) groups is 1. The first-order valence-corrected chi connectivity index (χ1v) is 10.1. The maximum atomic E-state index is 12.6. The van der Waals surface area contributed by atoms with Crippen molar-refractivity contribution in [3.05, 3.63) is 88.8 Å². The SMILES string of the molecule is [C-]#[N+]c1ccc(NC(=O)[C@@](C)(O)CNc2ccc(C#N)c(-c3ccc(C)cc3)c2)cc1C. The highest BCUT2D eigenvalue weighted by Crippen LogP contribution is 2.28. The van der Waals surface area contributed by atoms with Crippen LogP contribution in [0.4, 0.5) is 17.1 Å². The van der Waals surface area contributed by atoms with Crippen LogP contribution in [-0.2, 0) is 4.79 Å². The van der Waals surface area contributed by atoms with Gasteiger partial charge in [-0.05, 0) is 62.2 Å². The molecule has 6 heteroatoms. The molecule has 0 fully saturated rings. The lowest BCUT2D eigenvalue weighted by molar-refractivity contribution is -0.131. The summed E-state index contributed by atoms with van der Waals surface area (Å²) in [6.45, 7) is 12.3. The average Bonchev–Trinajstić information content (AvgIpc) is 2.78. The summed E-state index contributed by atoms with van der Waals surface area (Å²) in [6.07, 6.45) is 0. The zero-order valence-electron chi connectivity index (χ0n) is 18.2. The highest BCUT2D eigenvalue weighted by atomic mass is 16.3. The van der Waals surface area contributed by atoms with E-state index >= 15 is 0 Å². The third-order valence-corrected chi connectivity index (χ3v) is 5.20. The summed E-state index contributed by atoms with van der Waals surface area (Å²) in [5, 5.41) is 26.0. The number of nitrogens with zero attached hydrogens (tertiary/aromatic N) is 2. The molecule has 0 radical (unpaired) electrons. The summed E-state index contributed by atoms with van der Waals surface area (Å²) in [7, 11) is 0. The quantitative estimate of drug-likeness (QED) is 0.475. The van der Waals surface area contributed by atoms with Crippen LogP contribution >= 0.6 is 0 Å². The van der Waals surface area contributed by atoms with Gasteiger partial charge in [0.1, 0.15) is 0 Å². The topological polar surface area (TPSA) is 89.5 Å². The minimum absolute atomic E-state index is 0.0306. The summed E-state index contributed by atoms with van der Waals surface area (Å²) in [6, 6.07) is 20.4. The second kappa shape index (κ2) is 9.34. The Morgan fingerprint density at radius 2 is 1.78 bits per heavy atom. The van der Waals surface area contributed by atoms with Gasteiger partial charge in [0.15, 0.2) is 11.3 Å². The van der Waals surface area contributed by atoms with Gasteiger partial charge in [-0.3, -0.25) is 4.79 Å². The Bertz CT molecular complexity index is 1230. The lowest BCUT2D eigenvalue weighted by Crippen LogP contribution is -2.45. The van der Waals surface area contributed by atoms with Gasteiger partial charge in [-0.25, -0.2) is 4.85 Å². The monoisotopic (exact) mass is 424 g/mol. The van der Waals surface area contributed by atoms with Gasteiger partial charge in [0.25, 0.3) is 5.91 Å². The Hall–Kier alpha value is -4.13. The van der Waals surface area contributed by atoms with Gasteiger partial charge in [-0.1, -0.05) is 35.9 Å². The van der Waals surface area contributed by atoms with Gasteiger partial charge in [-0.15, -0.1) is 0 Å². The van der Waals surface area contributed by atoms with Crippen molar-refractivity contribution in [3.8, 4) is 17.2 Å². The van der Waals surface area contributed by atoms with Crippen LogP contribution < -0.4 is 10.6 Å². The minimum atomic E-state index is -1.69. The molecule has 3 N–H and O–H groups in total. The molecule has 32 heavy (non-hydrogen) atoms. The third-order valence-electron chi connectivity index (χ3n) is 5.20. The molecule has 1 amide bonds. The summed E-state index contributed by atoms with van der Waals surface area (Å²) in [5.41, 5.74) is 4.13. The number of nitrogens with one attached hydrogen (secondary N) is 2. The van der Waals surface area contributed by atoms with Crippen LogP contribution in [0.2, 0.25) is 0 Å². The number of aryl methyl sites for hydroxylation is 2. The number of benzene rings is 3. The summed E-state index contributed by atoms with van der Waals surface area (Å²) < 4.78 is 0. The first-order chi connectivity index (χ1) is 15.2. The van der Waals surface area contributed by atoms with Crippen LogP contribution in [-0.4, -0.2) is 23.2 Å². The van der Waals surface area contributed by atoms with Gasteiger partial charge in [0.05, 0.1) is 24.7 Å². The first-order valence-electron chi connectivity index (χ1n) is 10.1. The highest BCUT2D eigenvalue weighted by Gasteiger charge is 2.30. The molecule has 0 unspecified atom stereocenters. The lowest BCUT2D eigenvalue weighted by Gasteiger charge is -2.24. The molecule has 0 aliphatic rings. The normalized spacial score (nSPS) is 12.2. The van der Waals surface area contributed by atoms with Crippen molar-refractivity contribution in [3.63, 3.8) is 0 Å². The van der Waals surface area contributed by atoms with E-state index in [1.54, 1.807) is 37.3 Å². The molecule has 3 aromatic rings. The minimum Gasteiger partial charge on any atom is -0.382 e. The zero-order valence-corrected chi connectivity index (χ0v) is 18.2. The maximum Gasteiger partial charge on any atom is 0.257 e. The summed E-state index contributed by atoms with van der Waals surface area (Å²) in [4.78, 5) is 16.0. The van der Waals surface area contributed by atoms with Crippen molar-refractivity contribution in [2.45, 2.75) is 26.4 Å². The molecule has 0 spiro atoms. The Kier molecular flexibility index (Phi) is 6.59. The maximum absolute atomic E-state index is 12.6. The molecular formula is C26H24N4O2. The van der Waals surface area contributed by atoms with E-state index in [-0.39, 0.29) is 6.54 Å². The number of anilines is 2. The second-order valence-corrected chi connectivity index (χ2v) is 7.93. The Morgan fingerprint density at radius 1 is 1.09 bits per heavy atom. The fraction of sp³-hybridized carbons (Fsp3) is 0.192. The first kappa shape index (κ1) is 22.6. The van der Waals surface area contributed by atoms with E-state index in [4.69, 9.17) is 6.57 Å². The van der Waals surface area contributed by atoms with E-state index in [0.717, 1.165) is 22.3 Å². The molecular weight excluding hydrogens is 400 g/mol. The predicted octanol–water partition coefficient (Wildman–Crippen LogP) is 5.19. The largest absolute Gasteiger partial charge is 0.382 e. The molecule has 0 heterocycles. The van der Waals surface area contributed by atoms with Crippen molar-refractivity contribution in [1.29, 1.82) is 5.26 Å². The molecule has 0 aromatic heterocycles. The summed E-state index contributed by atoms with van der Waals surface area (Å²) in [5.74, 6) is -0.563. The number of hydrogen-bond acceptors (Lipinski definition) is 4. The molecule has 0 saturated carbocycles. The predicted molar refractivity (Wildman–Crippen MR) is 127 cm³/mol. The van der Waals surface area contributed by atoms with Crippen LogP contribution in [0.15, 0.2) is 60.7 Å². The molecule has 0 bridgehead atoms. The van der Waals surface area contributed by atoms with Crippen molar-refractivity contribution < 1.29 is 9.90 Å². The fourth-order valence-corrected chi connectivity index (χ4v) is 3.20. The van der Waals surface area contributed by atoms with Gasteiger partial charge in [0, 0.05) is 16.9 Å². The van der Waals surface area contributed by atoms with Gasteiger partial charge in [0.2, 0.25) is 0 Å². The molecule has 1 atom stereocenters. The Balaban J connectivity index is 1.73. The lowest BCUT2D eigenvalue weighted by atomic mass is 9.98. The molecule has 3 rings (SSSR count). The highest BCUT2D eigenvalue weighted by molar-refractivity contribution is 5.97. The number of amides is 1. The van der Waals surface area contributed by atoms with Crippen LogP contribution in [0.3, 0.4) is 0 Å².